The molecule has 0 spiro atoms. The van der Waals surface area contributed by atoms with Gasteiger partial charge in [0.25, 0.3) is 0 Å². The number of halogens is 4. The van der Waals surface area contributed by atoms with Gasteiger partial charge in [-0.05, 0) is 0 Å². The van der Waals surface area contributed by atoms with E-state index in [1.165, 1.54) is 66.8 Å². The van der Waals surface area contributed by atoms with Gasteiger partial charge in [-0.25, -0.2) is 0 Å². The minimum atomic E-state index is -5.42. The Morgan fingerprint density at radius 3 is 0.879 bits per heavy atom. The SMILES string of the molecule is CC[SiH2][Zr]([Cl])([Cl])([CH2]CCCC[CH2][Zr]([Cl])([Cl])([SiH2]CC)([CH]1C(C)=Cc2ccccc21)[CH]1C(C)=Cc2ccccc21)([CH]1C(C)=Cc2ccccc21)[CH]1C(C)=Cc2ccccc21. The topological polar surface area (TPSA) is 0 Å². The van der Waals surface area contributed by atoms with Gasteiger partial charge in [0.1, 0.15) is 0 Å². The summed E-state index contributed by atoms with van der Waals surface area (Å²) in [4.78, 5) is 0. The molecular weight excluding hydrogens is 981 g/mol. The molecule has 0 N–H and O–H groups in total. The molecule has 306 valence electrons. The summed E-state index contributed by atoms with van der Waals surface area (Å²) >= 11 is -10.8. The first-order valence-corrected chi connectivity index (χ1v) is 57.8. The molecule has 0 aromatic heterocycles. The third-order valence-corrected chi connectivity index (χ3v) is 120. The molecule has 58 heavy (non-hydrogen) atoms. The van der Waals surface area contributed by atoms with Crippen LogP contribution >= 0.6 is 34.1 Å². The molecule has 0 amide bonds. The van der Waals surface area contributed by atoms with Crippen molar-refractivity contribution in [3.63, 3.8) is 0 Å². The Bertz CT molecular complexity index is 2160. The van der Waals surface area contributed by atoms with Crippen LogP contribution in [0.3, 0.4) is 0 Å². The van der Waals surface area contributed by atoms with Crippen molar-refractivity contribution in [2.75, 3.05) is 0 Å². The average molecular weight is 1040 g/mol. The quantitative estimate of drug-likeness (QED) is 0.0822. The predicted octanol–water partition coefficient (Wildman–Crippen LogP) is 16.1. The second kappa shape index (κ2) is 14.9. The predicted molar refractivity (Wildman–Crippen MR) is 261 cm³/mol. The molecule has 4 unspecified atom stereocenters. The van der Waals surface area contributed by atoms with Crippen molar-refractivity contribution >= 4 is 71.6 Å². The molecule has 0 bridgehead atoms. The molecule has 4 atom stereocenters. The molecule has 0 saturated carbocycles. The molecule has 0 aliphatic heterocycles. The van der Waals surface area contributed by atoms with Crippen LogP contribution in [0.5, 0.6) is 0 Å². The minimum absolute atomic E-state index is 0.109. The molecule has 0 fully saturated rings. The van der Waals surface area contributed by atoms with Crippen molar-refractivity contribution in [1.29, 1.82) is 0 Å². The summed E-state index contributed by atoms with van der Waals surface area (Å²) in [5.74, 6) is 0. The zero-order valence-corrected chi connectivity index (χ0v) is 46.2. The van der Waals surface area contributed by atoms with Crippen LogP contribution in [0.4, 0.5) is 0 Å². The average Bonchev–Trinajstić information content (AvgIpc) is 3.92. The fourth-order valence-electron chi connectivity index (χ4n) is 14.7. The second-order valence-corrected chi connectivity index (χ2v) is 125. The summed E-state index contributed by atoms with van der Waals surface area (Å²) in [5, 5.41) is 0. The third-order valence-electron chi connectivity index (χ3n) is 16.0. The van der Waals surface area contributed by atoms with E-state index in [1.54, 1.807) is 0 Å². The zero-order chi connectivity index (χ0) is 41.3. The first kappa shape index (κ1) is 43.8. The monoisotopic (exact) mass is 1040 g/mol. The van der Waals surface area contributed by atoms with Crippen LogP contribution in [0, 0.1) is 0 Å². The molecule has 0 heterocycles. The number of rotatable bonds is 15. The van der Waals surface area contributed by atoms with Gasteiger partial charge in [0.15, 0.2) is 0 Å². The number of hydrogen-bond donors (Lipinski definition) is 0. The maximum absolute atomic E-state index is 9.09. The molecule has 0 radical (unpaired) electrons. The Balaban J connectivity index is 1.16. The van der Waals surface area contributed by atoms with E-state index in [4.69, 9.17) is 34.1 Å². The van der Waals surface area contributed by atoms with Crippen LogP contribution in [0.2, 0.25) is 20.3 Å². The van der Waals surface area contributed by atoms with Gasteiger partial charge in [-0.1, -0.05) is 0 Å². The van der Waals surface area contributed by atoms with Crippen LogP contribution in [-0.4, -0.2) is 13.3 Å². The first-order chi connectivity index (χ1) is 27.5. The number of allylic oxidation sites excluding steroid dienone is 4. The summed E-state index contributed by atoms with van der Waals surface area (Å²) in [6.45, 7) is 12.2. The summed E-state index contributed by atoms with van der Waals surface area (Å²) < 4.78 is 2.32. The molecule has 4 aliphatic rings. The van der Waals surface area contributed by atoms with E-state index in [9.17, 15) is 0 Å². The first-order valence-electron chi connectivity index (χ1n) is 22.2. The van der Waals surface area contributed by atoms with E-state index in [2.05, 4.69) is 163 Å². The van der Waals surface area contributed by atoms with Gasteiger partial charge in [0.05, 0.1) is 0 Å². The molecular formula is C50H62Cl4Si2Zr2. The standard InChI is InChI=1S/4C10H9.C6H12.2C2H7Si.4ClH.2Zr/c4*1-8-6-9-4-2-3-5-10(9)7-8;1-3-5-6-4-2;2*1-2-3;;;;;;/h4*2-7H,1H3;1-6H2;2*2-3H2,1H3;4*1H;;/q;;;;;;;;;;;2*+2/p-4. The Morgan fingerprint density at radius 2 is 0.638 bits per heavy atom. The summed E-state index contributed by atoms with van der Waals surface area (Å²) in [6, 6.07) is 38.1. The van der Waals surface area contributed by atoms with Gasteiger partial charge in [-0.3, -0.25) is 0 Å². The second-order valence-electron chi connectivity index (χ2n) is 19.8. The fraction of sp³-hybridized carbons (Fsp3) is 0.360. The van der Waals surface area contributed by atoms with Crippen LogP contribution in [-0.2, 0) is 28.1 Å². The Labute approximate surface area is 361 Å². The Morgan fingerprint density at radius 1 is 0.397 bits per heavy atom. The van der Waals surface area contributed by atoms with Crippen LogP contribution in [0.1, 0.15) is 126 Å². The van der Waals surface area contributed by atoms with E-state index in [1.807, 2.05) is 0 Å². The van der Waals surface area contributed by atoms with Gasteiger partial charge in [0.2, 0.25) is 0 Å². The Hall–Kier alpha value is -0.800. The van der Waals surface area contributed by atoms with Gasteiger partial charge < -0.3 is 0 Å². The zero-order valence-electron chi connectivity index (χ0n) is 35.4. The number of unbranched alkanes of at least 4 members (excludes halogenated alkanes) is 3. The van der Waals surface area contributed by atoms with Crippen LogP contribution < -0.4 is 0 Å². The van der Waals surface area contributed by atoms with Crippen molar-refractivity contribution in [2.24, 2.45) is 0 Å². The van der Waals surface area contributed by atoms with Gasteiger partial charge in [-0.15, -0.1) is 0 Å². The Kier molecular flexibility index (Phi) is 11.3. The van der Waals surface area contributed by atoms with E-state index in [-0.39, 0.29) is 14.5 Å². The summed E-state index contributed by atoms with van der Waals surface area (Å²) in [7, 11) is 36.4. The van der Waals surface area contributed by atoms with Crippen molar-refractivity contribution in [1.82, 2.24) is 0 Å². The van der Waals surface area contributed by atoms with E-state index in [0.717, 1.165) is 46.0 Å². The maximum atomic E-state index is 9.09. The fourth-order valence-corrected chi connectivity index (χ4v) is 131. The normalized spacial score (nSPS) is 23.7. The van der Waals surface area contributed by atoms with Crippen LogP contribution in [0.25, 0.3) is 24.3 Å². The molecule has 4 aliphatic carbocycles. The van der Waals surface area contributed by atoms with Crippen molar-refractivity contribution < 1.29 is 28.1 Å². The molecule has 4 aromatic rings. The summed E-state index contributed by atoms with van der Waals surface area (Å²) in [5.41, 5.74) is 16.2. The molecule has 8 rings (SSSR count). The number of benzene rings is 4. The van der Waals surface area contributed by atoms with Gasteiger partial charge in [-0.2, -0.15) is 0 Å². The van der Waals surface area contributed by atoms with E-state index < -0.39 is 41.4 Å². The van der Waals surface area contributed by atoms with Crippen molar-refractivity contribution in [2.45, 2.75) is 102 Å². The molecule has 8 heteroatoms. The van der Waals surface area contributed by atoms with E-state index in [0.29, 0.717) is 0 Å². The third kappa shape index (κ3) is 6.48. The number of fused-ring (bicyclic) bond motifs is 4. The van der Waals surface area contributed by atoms with Crippen LogP contribution in [0.15, 0.2) is 119 Å². The molecule has 0 nitrogen and oxygen atoms in total. The number of hydrogen-bond acceptors (Lipinski definition) is 0. The molecule has 4 aromatic carbocycles. The van der Waals surface area contributed by atoms with Crippen molar-refractivity contribution in [3.8, 4) is 0 Å². The molecule has 0 saturated heterocycles. The van der Waals surface area contributed by atoms with Crippen molar-refractivity contribution in [3.05, 3.63) is 164 Å². The summed E-state index contributed by atoms with van der Waals surface area (Å²) in [6.07, 6.45) is 13.9. The van der Waals surface area contributed by atoms with Gasteiger partial charge in [0, 0.05) is 0 Å². The van der Waals surface area contributed by atoms with Gasteiger partial charge >= 0.3 is 366 Å². The van der Waals surface area contributed by atoms with E-state index >= 15 is 0 Å².